The summed E-state index contributed by atoms with van der Waals surface area (Å²) in [6.07, 6.45) is 0. The van der Waals surface area contributed by atoms with Crippen molar-refractivity contribution >= 4 is 23.9 Å². The molecule has 1 aromatic heterocycles. The van der Waals surface area contributed by atoms with Gasteiger partial charge in [-0.15, -0.1) is 0 Å². The zero-order valence-corrected chi connectivity index (χ0v) is 9.13. The average molecular weight is 234 g/mol. The standard InChI is InChI=1S/C11H8BFO2S/c13-11-3-8-5-15-12(14)10(8)4-9(11)7-1-2-16-6-7/h1-4,6,14H,5H2. The fourth-order valence-corrected chi connectivity index (χ4v) is 2.54. The molecule has 0 unspecified atom stereocenters. The lowest BCUT2D eigenvalue weighted by Gasteiger charge is -2.04. The number of halogens is 1. The number of fused-ring (bicyclic) bond motifs is 1. The maximum atomic E-state index is 13.8. The van der Waals surface area contributed by atoms with Crippen LogP contribution in [-0.2, 0) is 11.3 Å². The van der Waals surface area contributed by atoms with E-state index in [4.69, 9.17) is 4.65 Å². The Labute approximate surface area is 96.5 Å². The molecular weight excluding hydrogens is 226 g/mol. The van der Waals surface area contributed by atoms with Crippen LogP contribution in [0.3, 0.4) is 0 Å². The van der Waals surface area contributed by atoms with Crippen LogP contribution in [0.1, 0.15) is 5.56 Å². The summed E-state index contributed by atoms with van der Waals surface area (Å²) in [5.74, 6) is -0.269. The van der Waals surface area contributed by atoms with Crippen molar-refractivity contribution in [2.24, 2.45) is 0 Å². The minimum absolute atomic E-state index is 0.269. The summed E-state index contributed by atoms with van der Waals surface area (Å²) in [5.41, 5.74) is 2.75. The fourth-order valence-electron chi connectivity index (χ4n) is 1.88. The first-order valence-electron chi connectivity index (χ1n) is 4.90. The summed E-state index contributed by atoms with van der Waals surface area (Å²) < 4.78 is 18.8. The van der Waals surface area contributed by atoms with Gasteiger partial charge in [0.15, 0.2) is 0 Å². The number of hydrogen-bond donors (Lipinski definition) is 1. The third-order valence-corrected chi connectivity index (χ3v) is 3.41. The predicted octanol–water partition coefficient (Wildman–Crippen LogP) is 1.77. The van der Waals surface area contributed by atoms with Gasteiger partial charge in [0.05, 0.1) is 6.61 Å². The van der Waals surface area contributed by atoms with Crippen molar-refractivity contribution in [2.45, 2.75) is 6.61 Å². The van der Waals surface area contributed by atoms with Crippen LogP contribution in [0.5, 0.6) is 0 Å². The van der Waals surface area contributed by atoms with Crippen molar-refractivity contribution < 1.29 is 14.1 Å². The lowest BCUT2D eigenvalue weighted by atomic mass is 9.78. The first-order valence-corrected chi connectivity index (χ1v) is 5.84. The van der Waals surface area contributed by atoms with Crippen LogP contribution in [-0.4, -0.2) is 12.1 Å². The van der Waals surface area contributed by atoms with Crippen LogP contribution in [0, 0.1) is 5.82 Å². The van der Waals surface area contributed by atoms with E-state index in [1.54, 1.807) is 6.07 Å². The second-order valence-corrected chi connectivity index (χ2v) is 4.49. The van der Waals surface area contributed by atoms with Gasteiger partial charge in [-0.1, -0.05) is 6.07 Å². The number of benzene rings is 1. The van der Waals surface area contributed by atoms with Crippen LogP contribution in [0.15, 0.2) is 29.0 Å². The monoisotopic (exact) mass is 234 g/mol. The van der Waals surface area contributed by atoms with E-state index in [1.165, 1.54) is 17.4 Å². The van der Waals surface area contributed by atoms with E-state index in [0.29, 0.717) is 11.0 Å². The largest absolute Gasteiger partial charge is 0.491 e. The van der Waals surface area contributed by atoms with E-state index in [-0.39, 0.29) is 12.4 Å². The molecule has 0 atom stereocenters. The first kappa shape index (κ1) is 10.0. The molecule has 2 aromatic rings. The summed E-state index contributed by atoms with van der Waals surface area (Å²) >= 11 is 1.52. The molecule has 1 aliphatic heterocycles. The Kier molecular flexibility index (Phi) is 2.31. The molecule has 5 heteroatoms. The molecule has 0 spiro atoms. The average Bonchev–Trinajstić information content (AvgIpc) is 2.88. The maximum Gasteiger partial charge on any atom is 0.491 e. The highest BCUT2D eigenvalue weighted by atomic mass is 32.1. The normalized spacial score (nSPS) is 14.2. The molecule has 0 radical (unpaired) electrons. The molecule has 2 nitrogen and oxygen atoms in total. The lowest BCUT2D eigenvalue weighted by Crippen LogP contribution is -2.28. The second-order valence-electron chi connectivity index (χ2n) is 3.71. The van der Waals surface area contributed by atoms with Crippen LogP contribution in [0.25, 0.3) is 11.1 Å². The van der Waals surface area contributed by atoms with E-state index in [1.807, 2.05) is 16.8 Å². The smallest absolute Gasteiger partial charge is 0.423 e. The minimum Gasteiger partial charge on any atom is -0.423 e. The van der Waals surface area contributed by atoms with E-state index >= 15 is 0 Å². The van der Waals surface area contributed by atoms with Crippen LogP contribution >= 0.6 is 11.3 Å². The number of thiophene rings is 1. The molecule has 0 bridgehead atoms. The quantitative estimate of drug-likeness (QED) is 0.762. The molecular formula is C11H8BFO2S. The van der Waals surface area contributed by atoms with Gasteiger partial charge >= 0.3 is 7.12 Å². The number of rotatable bonds is 1. The topological polar surface area (TPSA) is 29.5 Å². The third-order valence-electron chi connectivity index (χ3n) is 2.72. The van der Waals surface area contributed by atoms with Gasteiger partial charge in [0.2, 0.25) is 0 Å². The summed E-state index contributed by atoms with van der Waals surface area (Å²) in [5, 5.41) is 13.3. The van der Waals surface area contributed by atoms with Crippen molar-refractivity contribution in [3.8, 4) is 11.1 Å². The molecule has 80 valence electrons. The molecule has 0 fully saturated rings. The Hall–Kier alpha value is -1.17. The highest BCUT2D eigenvalue weighted by Crippen LogP contribution is 2.26. The summed E-state index contributed by atoms with van der Waals surface area (Å²) in [6.45, 7) is 0.275. The minimum atomic E-state index is -0.923. The van der Waals surface area contributed by atoms with Gasteiger partial charge in [-0.05, 0) is 39.5 Å². The molecule has 0 amide bonds. The number of hydrogen-bond acceptors (Lipinski definition) is 3. The van der Waals surface area contributed by atoms with E-state index in [9.17, 15) is 9.41 Å². The molecule has 1 aromatic carbocycles. The van der Waals surface area contributed by atoms with Crippen LogP contribution in [0.2, 0.25) is 0 Å². The van der Waals surface area contributed by atoms with Crippen molar-refractivity contribution in [3.63, 3.8) is 0 Å². The molecule has 3 rings (SSSR count). The Morgan fingerprint density at radius 1 is 1.44 bits per heavy atom. The third kappa shape index (κ3) is 1.48. The van der Waals surface area contributed by atoms with Gasteiger partial charge < -0.3 is 9.68 Å². The highest BCUT2D eigenvalue weighted by molar-refractivity contribution is 7.08. The van der Waals surface area contributed by atoms with Gasteiger partial charge in [-0.2, -0.15) is 11.3 Å². The molecule has 0 aliphatic carbocycles. The first-order chi connectivity index (χ1) is 7.75. The van der Waals surface area contributed by atoms with Gasteiger partial charge in [0.25, 0.3) is 0 Å². The predicted molar refractivity (Wildman–Crippen MR) is 62.1 cm³/mol. The van der Waals surface area contributed by atoms with Crippen LogP contribution < -0.4 is 5.46 Å². The summed E-state index contributed by atoms with van der Waals surface area (Å²) in [4.78, 5) is 0. The van der Waals surface area contributed by atoms with Crippen molar-refractivity contribution in [2.75, 3.05) is 0 Å². The van der Waals surface area contributed by atoms with Crippen molar-refractivity contribution in [1.29, 1.82) is 0 Å². The Morgan fingerprint density at radius 2 is 2.31 bits per heavy atom. The zero-order chi connectivity index (χ0) is 11.1. The van der Waals surface area contributed by atoms with Gasteiger partial charge in [0, 0.05) is 5.56 Å². The Morgan fingerprint density at radius 3 is 3.06 bits per heavy atom. The Balaban J connectivity index is 2.17. The molecule has 1 N–H and O–H groups in total. The molecule has 0 saturated heterocycles. The maximum absolute atomic E-state index is 13.8. The summed E-state index contributed by atoms with van der Waals surface area (Å²) in [7, 11) is -0.923. The second kappa shape index (κ2) is 3.70. The van der Waals surface area contributed by atoms with Gasteiger partial charge in [-0.25, -0.2) is 4.39 Å². The van der Waals surface area contributed by atoms with Gasteiger partial charge in [-0.3, -0.25) is 0 Å². The van der Waals surface area contributed by atoms with E-state index in [0.717, 1.165) is 11.1 Å². The fraction of sp³-hybridized carbons (Fsp3) is 0.0909. The lowest BCUT2D eigenvalue weighted by molar-refractivity contribution is 0.275. The summed E-state index contributed by atoms with van der Waals surface area (Å²) in [6, 6.07) is 4.97. The Bertz CT molecular complexity index is 527. The van der Waals surface area contributed by atoms with E-state index < -0.39 is 7.12 Å². The zero-order valence-electron chi connectivity index (χ0n) is 8.31. The molecule has 1 aliphatic rings. The van der Waals surface area contributed by atoms with Gasteiger partial charge in [0.1, 0.15) is 5.82 Å². The SMILES string of the molecule is OB1OCc2cc(F)c(-c3ccsc3)cc21. The van der Waals surface area contributed by atoms with E-state index in [2.05, 4.69) is 0 Å². The molecule has 0 saturated carbocycles. The molecule has 16 heavy (non-hydrogen) atoms. The van der Waals surface area contributed by atoms with Crippen LogP contribution in [0.4, 0.5) is 4.39 Å². The van der Waals surface area contributed by atoms with Crippen molar-refractivity contribution in [3.05, 3.63) is 40.3 Å². The van der Waals surface area contributed by atoms with Crippen molar-refractivity contribution in [1.82, 2.24) is 0 Å². The highest BCUT2D eigenvalue weighted by Gasteiger charge is 2.28. The molecule has 2 heterocycles.